The van der Waals surface area contributed by atoms with Crippen molar-refractivity contribution in [1.29, 1.82) is 0 Å². The van der Waals surface area contributed by atoms with Gasteiger partial charge in [-0.3, -0.25) is 9.48 Å². The van der Waals surface area contributed by atoms with Crippen molar-refractivity contribution in [2.75, 3.05) is 11.1 Å². The number of rotatable bonds is 3. The minimum Gasteiger partial charge on any atom is -0.396 e. The Balaban J connectivity index is 2.20. The number of benzene rings is 1. The number of aromatic nitrogens is 2. The Kier molecular flexibility index (Phi) is 3.46. The summed E-state index contributed by atoms with van der Waals surface area (Å²) in [6.07, 6.45) is 1.53. The van der Waals surface area contributed by atoms with Gasteiger partial charge in [-0.15, -0.1) is 0 Å². The number of carbonyl (C=O) groups excluding carboxylic acids is 1. The fraction of sp³-hybridized carbons (Fsp3) is 0.167. The Labute approximate surface area is 108 Å². The van der Waals surface area contributed by atoms with Gasteiger partial charge >= 0.3 is 0 Å². The molecule has 0 fully saturated rings. The first-order valence-corrected chi connectivity index (χ1v) is 5.60. The van der Waals surface area contributed by atoms with Crippen LogP contribution in [-0.4, -0.2) is 15.7 Å². The van der Waals surface area contributed by atoms with E-state index in [0.717, 1.165) is 12.1 Å². The van der Waals surface area contributed by atoms with Crippen molar-refractivity contribution >= 4 is 17.3 Å². The highest BCUT2D eigenvalue weighted by Crippen LogP contribution is 2.16. The van der Waals surface area contributed by atoms with Crippen LogP contribution in [-0.2, 0) is 6.54 Å². The molecule has 2 rings (SSSR count). The molecule has 1 amide bonds. The van der Waals surface area contributed by atoms with Crippen molar-refractivity contribution < 1.29 is 13.6 Å². The van der Waals surface area contributed by atoms with E-state index in [0.29, 0.717) is 6.54 Å². The third kappa shape index (κ3) is 2.70. The lowest BCUT2D eigenvalue weighted by atomic mass is 10.3. The van der Waals surface area contributed by atoms with Crippen LogP contribution in [0.5, 0.6) is 0 Å². The van der Waals surface area contributed by atoms with Crippen LogP contribution in [0.1, 0.15) is 17.4 Å². The molecule has 0 aliphatic rings. The molecule has 1 heterocycles. The third-order valence-electron chi connectivity index (χ3n) is 2.51. The summed E-state index contributed by atoms with van der Waals surface area (Å²) < 4.78 is 27.3. The van der Waals surface area contributed by atoms with Gasteiger partial charge in [-0.05, 0) is 19.1 Å². The molecule has 0 radical (unpaired) electrons. The number of aryl methyl sites for hydroxylation is 1. The van der Waals surface area contributed by atoms with Crippen LogP contribution in [0.2, 0.25) is 0 Å². The zero-order chi connectivity index (χ0) is 14.0. The molecule has 0 atom stereocenters. The van der Waals surface area contributed by atoms with Crippen molar-refractivity contribution in [1.82, 2.24) is 9.78 Å². The third-order valence-corrected chi connectivity index (χ3v) is 2.51. The van der Waals surface area contributed by atoms with Gasteiger partial charge in [-0.2, -0.15) is 5.10 Å². The number of hydrogen-bond acceptors (Lipinski definition) is 3. The molecule has 7 heteroatoms. The number of nitrogen functional groups attached to an aromatic ring is 1. The topological polar surface area (TPSA) is 72.9 Å². The molecule has 0 spiro atoms. The predicted octanol–water partition coefficient (Wildman–Crippen LogP) is 2.02. The van der Waals surface area contributed by atoms with Gasteiger partial charge in [0, 0.05) is 24.5 Å². The van der Waals surface area contributed by atoms with Crippen molar-refractivity contribution in [3.8, 4) is 0 Å². The largest absolute Gasteiger partial charge is 0.396 e. The van der Waals surface area contributed by atoms with E-state index in [-0.39, 0.29) is 17.1 Å². The molecule has 100 valence electrons. The number of amides is 1. The summed E-state index contributed by atoms with van der Waals surface area (Å²) in [7, 11) is 0. The molecule has 5 nitrogen and oxygen atoms in total. The van der Waals surface area contributed by atoms with Crippen molar-refractivity contribution in [2.45, 2.75) is 13.5 Å². The van der Waals surface area contributed by atoms with Crippen LogP contribution in [0.4, 0.5) is 20.2 Å². The van der Waals surface area contributed by atoms with Gasteiger partial charge in [0.25, 0.3) is 5.91 Å². The van der Waals surface area contributed by atoms with Crippen LogP contribution in [0.3, 0.4) is 0 Å². The number of nitrogens with zero attached hydrogens (tertiary/aromatic N) is 2. The molecule has 0 aliphatic heterocycles. The van der Waals surface area contributed by atoms with Gasteiger partial charge in [0.05, 0.1) is 5.69 Å². The van der Waals surface area contributed by atoms with Crippen LogP contribution in [0.25, 0.3) is 0 Å². The summed E-state index contributed by atoms with van der Waals surface area (Å²) in [5.41, 5.74) is 6.05. The van der Waals surface area contributed by atoms with E-state index in [4.69, 9.17) is 5.73 Å². The molecule has 3 N–H and O–H groups in total. The van der Waals surface area contributed by atoms with Crippen LogP contribution < -0.4 is 11.1 Å². The van der Waals surface area contributed by atoms with Gasteiger partial charge in [0.1, 0.15) is 0 Å². The Morgan fingerprint density at radius 1 is 1.42 bits per heavy atom. The first kappa shape index (κ1) is 13.0. The van der Waals surface area contributed by atoms with E-state index in [1.807, 2.05) is 6.92 Å². The van der Waals surface area contributed by atoms with Crippen molar-refractivity contribution in [2.24, 2.45) is 0 Å². The first-order chi connectivity index (χ1) is 9.01. The standard InChI is InChI=1S/C12H12F2N4O/c1-2-18-6-10(15)11(17-18)12(19)16-7-3-4-8(13)9(14)5-7/h3-6H,2,15H2,1H3,(H,16,19). The summed E-state index contributed by atoms with van der Waals surface area (Å²) in [6.45, 7) is 2.42. The summed E-state index contributed by atoms with van der Waals surface area (Å²) in [5.74, 6) is -2.59. The minimum atomic E-state index is -1.04. The zero-order valence-corrected chi connectivity index (χ0v) is 10.2. The molecular weight excluding hydrogens is 254 g/mol. The monoisotopic (exact) mass is 266 g/mol. The average Bonchev–Trinajstić information content (AvgIpc) is 2.75. The van der Waals surface area contributed by atoms with Gasteiger partial charge in [-0.25, -0.2) is 8.78 Å². The molecule has 0 saturated heterocycles. The molecule has 19 heavy (non-hydrogen) atoms. The second-order valence-corrected chi connectivity index (χ2v) is 3.87. The van der Waals surface area contributed by atoms with Crippen molar-refractivity contribution in [3.63, 3.8) is 0 Å². The lowest BCUT2D eigenvalue weighted by Crippen LogP contribution is -2.15. The highest BCUT2D eigenvalue weighted by Gasteiger charge is 2.15. The van der Waals surface area contributed by atoms with E-state index < -0.39 is 17.5 Å². The number of nitrogens with two attached hydrogens (primary N) is 1. The Hall–Kier alpha value is -2.44. The second kappa shape index (κ2) is 5.05. The molecule has 1 aromatic heterocycles. The van der Waals surface area contributed by atoms with Crippen molar-refractivity contribution in [3.05, 3.63) is 41.7 Å². The number of hydrogen-bond donors (Lipinski definition) is 2. The molecule has 2 aromatic rings. The van der Waals surface area contributed by atoms with Crippen LogP contribution in [0, 0.1) is 11.6 Å². The fourth-order valence-corrected chi connectivity index (χ4v) is 1.54. The van der Waals surface area contributed by atoms with E-state index in [1.165, 1.54) is 16.9 Å². The SMILES string of the molecule is CCn1cc(N)c(C(=O)Nc2ccc(F)c(F)c2)n1. The van der Waals surface area contributed by atoms with Gasteiger partial charge in [-0.1, -0.05) is 0 Å². The van der Waals surface area contributed by atoms with Gasteiger partial charge in [0.15, 0.2) is 17.3 Å². The average molecular weight is 266 g/mol. The molecule has 1 aromatic carbocycles. The summed E-state index contributed by atoms with van der Waals surface area (Å²) >= 11 is 0. The summed E-state index contributed by atoms with van der Waals surface area (Å²) in [4.78, 5) is 11.9. The Bertz CT molecular complexity index is 624. The number of carbonyl (C=O) groups is 1. The van der Waals surface area contributed by atoms with Gasteiger partial charge in [0.2, 0.25) is 0 Å². The Morgan fingerprint density at radius 2 is 2.16 bits per heavy atom. The van der Waals surface area contributed by atoms with Crippen LogP contribution >= 0.6 is 0 Å². The number of halogens is 2. The number of anilines is 2. The van der Waals surface area contributed by atoms with E-state index in [2.05, 4.69) is 10.4 Å². The van der Waals surface area contributed by atoms with Gasteiger partial charge < -0.3 is 11.1 Å². The lowest BCUT2D eigenvalue weighted by molar-refractivity contribution is 0.102. The van der Waals surface area contributed by atoms with E-state index in [9.17, 15) is 13.6 Å². The lowest BCUT2D eigenvalue weighted by Gasteiger charge is -2.04. The smallest absolute Gasteiger partial charge is 0.278 e. The Morgan fingerprint density at radius 3 is 2.74 bits per heavy atom. The maximum absolute atomic E-state index is 13.0. The predicted molar refractivity (Wildman–Crippen MR) is 66.6 cm³/mol. The van der Waals surface area contributed by atoms with E-state index >= 15 is 0 Å². The summed E-state index contributed by atoms with van der Waals surface area (Å²) in [6, 6.07) is 3.07. The van der Waals surface area contributed by atoms with Crippen LogP contribution in [0.15, 0.2) is 24.4 Å². The maximum atomic E-state index is 13.0. The molecular formula is C12H12F2N4O. The molecule has 0 saturated carbocycles. The second-order valence-electron chi connectivity index (χ2n) is 3.87. The first-order valence-electron chi connectivity index (χ1n) is 5.60. The zero-order valence-electron chi connectivity index (χ0n) is 10.2. The van der Waals surface area contributed by atoms with E-state index in [1.54, 1.807) is 0 Å². The fourth-order valence-electron chi connectivity index (χ4n) is 1.54. The molecule has 0 aliphatic carbocycles. The molecule has 0 unspecified atom stereocenters. The highest BCUT2D eigenvalue weighted by molar-refractivity contribution is 6.06. The molecule has 0 bridgehead atoms. The number of nitrogens with one attached hydrogen (secondary N) is 1. The minimum absolute atomic E-state index is 0.0478. The highest BCUT2D eigenvalue weighted by atomic mass is 19.2. The normalized spacial score (nSPS) is 10.5. The summed E-state index contributed by atoms with van der Waals surface area (Å²) in [5, 5.41) is 6.38. The quantitative estimate of drug-likeness (QED) is 0.892. The maximum Gasteiger partial charge on any atom is 0.278 e.